The van der Waals surface area contributed by atoms with Gasteiger partial charge in [-0.2, -0.15) is 0 Å². The fourth-order valence-corrected chi connectivity index (χ4v) is 0.874. The molecule has 3 nitrogen and oxygen atoms in total. The van der Waals surface area contributed by atoms with Crippen LogP contribution in [0.3, 0.4) is 0 Å². The highest BCUT2D eigenvalue weighted by molar-refractivity contribution is 5.00. The number of rotatable bonds is 2. The lowest BCUT2D eigenvalue weighted by molar-refractivity contribution is 0.754. The third-order valence-electron chi connectivity index (χ3n) is 1.56. The van der Waals surface area contributed by atoms with Crippen LogP contribution < -0.4 is 5.56 Å². The van der Waals surface area contributed by atoms with Crippen LogP contribution in [0.5, 0.6) is 0 Å². The molecular weight excluding hydrogens is 152 g/mol. The molecule has 0 saturated carbocycles. The molecule has 0 fully saturated rings. The maximum atomic E-state index is 11.2. The maximum Gasteiger partial charge on any atom is 0.254 e. The van der Waals surface area contributed by atoms with Crippen molar-refractivity contribution in [1.82, 2.24) is 9.55 Å². The van der Waals surface area contributed by atoms with E-state index in [0.29, 0.717) is 0 Å². The van der Waals surface area contributed by atoms with Gasteiger partial charge < -0.3 is 0 Å². The number of terminal acetylenes is 1. The summed E-state index contributed by atoms with van der Waals surface area (Å²) in [6, 6.07) is 1.51. The van der Waals surface area contributed by atoms with Gasteiger partial charge in [0.05, 0.1) is 12.9 Å². The van der Waals surface area contributed by atoms with Crippen LogP contribution in [0.25, 0.3) is 0 Å². The molecule has 0 amide bonds. The van der Waals surface area contributed by atoms with Crippen LogP contribution in [0.15, 0.2) is 17.2 Å². The van der Waals surface area contributed by atoms with Gasteiger partial charge in [0.15, 0.2) is 0 Å². The lowest BCUT2D eigenvalue weighted by Crippen LogP contribution is -2.19. The van der Waals surface area contributed by atoms with Gasteiger partial charge in [-0.1, -0.05) is 12.8 Å². The molecule has 3 heteroatoms. The summed E-state index contributed by atoms with van der Waals surface area (Å²) in [6.07, 6.45) is 7.32. The standard InChI is InChI=1S/C9H10N2O/c1-3-5-11-7-10-8(4-2)6-9(11)12/h1,6-7H,4-5H2,2H3. The summed E-state index contributed by atoms with van der Waals surface area (Å²) in [4.78, 5) is 15.3. The Balaban J connectivity index is 3.06. The minimum absolute atomic E-state index is 0.0835. The Morgan fingerprint density at radius 3 is 3.00 bits per heavy atom. The fourth-order valence-electron chi connectivity index (χ4n) is 0.874. The number of hydrogen-bond acceptors (Lipinski definition) is 2. The summed E-state index contributed by atoms with van der Waals surface area (Å²) in [7, 11) is 0. The summed E-state index contributed by atoms with van der Waals surface area (Å²) in [5.41, 5.74) is 0.716. The maximum absolute atomic E-state index is 11.2. The zero-order valence-electron chi connectivity index (χ0n) is 6.95. The first-order valence-corrected chi connectivity index (χ1v) is 3.76. The van der Waals surface area contributed by atoms with Crippen molar-refractivity contribution < 1.29 is 0 Å². The number of aryl methyl sites for hydroxylation is 1. The van der Waals surface area contributed by atoms with E-state index in [4.69, 9.17) is 6.42 Å². The normalized spacial score (nSPS) is 9.33. The third-order valence-corrected chi connectivity index (χ3v) is 1.56. The second kappa shape index (κ2) is 3.72. The van der Waals surface area contributed by atoms with E-state index in [9.17, 15) is 4.79 Å². The lowest BCUT2D eigenvalue weighted by atomic mass is 10.3. The molecule has 0 unspecified atom stereocenters. The predicted octanol–water partition coefficient (Wildman–Crippen LogP) is 0.439. The van der Waals surface area contributed by atoms with E-state index in [1.807, 2.05) is 6.92 Å². The van der Waals surface area contributed by atoms with Gasteiger partial charge in [0, 0.05) is 11.8 Å². The second-order valence-corrected chi connectivity index (χ2v) is 2.40. The molecule has 0 bridgehead atoms. The highest BCUT2D eigenvalue weighted by Gasteiger charge is 1.95. The van der Waals surface area contributed by atoms with Crippen LogP contribution >= 0.6 is 0 Å². The molecule has 12 heavy (non-hydrogen) atoms. The summed E-state index contributed by atoms with van der Waals surface area (Å²) in [5.74, 6) is 2.39. The van der Waals surface area contributed by atoms with Crippen molar-refractivity contribution in [1.29, 1.82) is 0 Å². The average Bonchev–Trinajstić information content (AvgIpc) is 2.09. The van der Waals surface area contributed by atoms with Gasteiger partial charge in [-0.25, -0.2) is 4.98 Å². The van der Waals surface area contributed by atoms with Crippen molar-refractivity contribution in [3.8, 4) is 12.3 Å². The van der Waals surface area contributed by atoms with Gasteiger partial charge in [0.25, 0.3) is 5.56 Å². The highest BCUT2D eigenvalue weighted by atomic mass is 16.1. The van der Waals surface area contributed by atoms with Crippen molar-refractivity contribution in [3.63, 3.8) is 0 Å². The SMILES string of the molecule is C#CCn1cnc(CC)cc1=O. The van der Waals surface area contributed by atoms with Crippen LogP contribution in [-0.2, 0) is 13.0 Å². The van der Waals surface area contributed by atoms with Crippen molar-refractivity contribution >= 4 is 0 Å². The lowest BCUT2D eigenvalue weighted by Gasteiger charge is -1.99. The van der Waals surface area contributed by atoms with E-state index >= 15 is 0 Å². The molecule has 0 radical (unpaired) electrons. The minimum atomic E-state index is -0.0835. The molecule has 0 aliphatic rings. The Morgan fingerprint density at radius 1 is 1.75 bits per heavy atom. The first-order chi connectivity index (χ1) is 5.77. The quantitative estimate of drug-likeness (QED) is 0.591. The van der Waals surface area contributed by atoms with E-state index in [2.05, 4.69) is 10.9 Å². The summed E-state index contributed by atoms with van der Waals surface area (Å²) in [6.45, 7) is 2.24. The van der Waals surface area contributed by atoms with Crippen LogP contribution in [-0.4, -0.2) is 9.55 Å². The fraction of sp³-hybridized carbons (Fsp3) is 0.333. The van der Waals surface area contributed by atoms with Gasteiger partial charge in [0.1, 0.15) is 0 Å². The molecule has 0 atom stereocenters. The molecule has 1 rings (SSSR count). The Morgan fingerprint density at radius 2 is 2.50 bits per heavy atom. The molecule has 62 valence electrons. The molecule has 1 aromatic heterocycles. The molecule has 1 heterocycles. The Labute approximate surface area is 71.1 Å². The van der Waals surface area contributed by atoms with E-state index in [-0.39, 0.29) is 12.1 Å². The zero-order valence-corrected chi connectivity index (χ0v) is 6.95. The average molecular weight is 162 g/mol. The van der Waals surface area contributed by atoms with Gasteiger partial charge >= 0.3 is 0 Å². The van der Waals surface area contributed by atoms with Crippen molar-refractivity contribution in [2.75, 3.05) is 0 Å². The molecular formula is C9H10N2O. The van der Waals surface area contributed by atoms with Gasteiger partial charge in [-0.05, 0) is 6.42 Å². The molecule has 0 N–H and O–H groups in total. The Kier molecular flexibility index (Phi) is 2.65. The number of aromatic nitrogens is 2. The first-order valence-electron chi connectivity index (χ1n) is 3.76. The molecule has 0 saturated heterocycles. The largest absolute Gasteiger partial charge is 0.287 e. The highest BCUT2D eigenvalue weighted by Crippen LogP contribution is 1.88. The van der Waals surface area contributed by atoms with Crippen LogP contribution in [0, 0.1) is 12.3 Å². The van der Waals surface area contributed by atoms with E-state index in [0.717, 1.165) is 12.1 Å². The molecule has 0 aromatic carbocycles. The Bertz CT molecular complexity index is 360. The predicted molar refractivity (Wildman–Crippen MR) is 46.7 cm³/mol. The number of hydrogen-bond donors (Lipinski definition) is 0. The van der Waals surface area contributed by atoms with Crippen molar-refractivity contribution in [2.24, 2.45) is 0 Å². The van der Waals surface area contributed by atoms with Crippen LogP contribution in [0.1, 0.15) is 12.6 Å². The minimum Gasteiger partial charge on any atom is -0.287 e. The van der Waals surface area contributed by atoms with Gasteiger partial charge in [-0.15, -0.1) is 6.42 Å². The first kappa shape index (κ1) is 8.54. The number of nitrogens with zero attached hydrogens (tertiary/aromatic N) is 2. The summed E-state index contributed by atoms with van der Waals surface area (Å²) >= 11 is 0. The summed E-state index contributed by atoms with van der Waals surface area (Å²) in [5, 5.41) is 0. The summed E-state index contributed by atoms with van der Waals surface area (Å²) < 4.78 is 1.40. The third kappa shape index (κ3) is 1.73. The second-order valence-electron chi connectivity index (χ2n) is 2.40. The van der Waals surface area contributed by atoms with Gasteiger partial charge in [0.2, 0.25) is 0 Å². The molecule has 0 aliphatic carbocycles. The topological polar surface area (TPSA) is 34.9 Å². The molecule has 0 spiro atoms. The Hall–Kier alpha value is -1.56. The van der Waals surface area contributed by atoms with E-state index < -0.39 is 0 Å². The van der Waals surface area contributed by atoms with Crippen LogP contribution in [0.2, 0.25) is 0 Å². The molecule has 1 aromatic rings. The zero-order chi connectivity index (χ0) is 8.97. The smallest absolute Gasteiger partial charge is 0.254 e. The molecule has 0 aliphatic heterocycles. The van der Waals surface area contributed by atoms with Crippen LogP contribution in [0.4, 0.5) is 0 Å². The monoisotopic (exact) mass is 162 g/mol. The van der Waals surface area contributed by atoms with E-state index in [1.165, 1.54) is 17.0 Å². The van der Waals surface area contributed by atoms with Crippen molar-refractivity contribution in [3.05, 3.63) is 28.4 Å². The van der Waals surface area contributed by atoms with E-state index in [1.54, 1.807) is 0 Å². The van der Waals surface area contributed by atoms with Crippen molar-refractivity contribution in [2.45, 2.75) is 19.9 Å². The van der Waals surface area contributed by atoms with Gasteiger partial charge in [-0.3, -0.25) is 9.36 Å².